The van der Waals surface area contributed by atoms with Gasteiger partial charge in [0.25, 0.3) is 0 Å². The van der Waals surface area contributed by atoms with Gasteiger partial charge in [-0.05, 0) is 90.0 Å². The number of para-hydroxylation sites is 1. The van der Waals surface area contributed by atoms with Crippen molar-refractivity contribution in [3.63, 3.8) is 0 Å². The minimum atomic E-state index is -1.95. The molecule has 374 valence electrons. The number of aliphatic hydroxyl groups excluding tert-OH is 1. The summed E-state index contributed by atoms with van der Waals surface area (Å²) in [4.78, 5) is 69.4. The summed E-state index contributed by atoms with van der Waals surface area (Å²) >= 11 is 0. The van der Waals surface area contributed by atoms with Gasteiger partial charge in [0.1, 0.15) is 42.0 Å². The fourth-order valence-corrected chi connectivity index (χ4v) is 11.9. The first kappa shape index (κ1) is 48.2. The number of esters is 1. The van der Waals surface area contributed by atoms with E-state index in [1.807, 2.05) is 145 Å². The lowest BCUT2D eigenvalue weighted by atomic mass is 9.64. The quantitative estimate of drug-likeness (QED) is 0.100. The number of nitrogens with zero attached hydrogens (tertiary/aromatic N) is 6. The second-order valence-electron chi connectivity index (χ2n) is 19.5. The van der Waals surface area contributed by atoms with E-state index in [-0.39, 0.29) is 31.4 Å². The molecule has 4 aliphatic rings. The molecule has 6 aromatic carbocycles. The third-order valence-electron chi connectivity index (χ3n) is 15.2. The van der Waals surface area contributed by atoms with Crippen molar-refractivity contribution < 1.29 is 33.8 Å². The zero-order valence-electron chi connectivity index (χ0n) is 41.1. The molecule has 7 atom stereocenters. The van der Waals surface area contributed by atoms with E-state index in [2.05, 4.69) is 32.4 Å². The fraction of sp³-hybridized carbons (Fsp3) is 0.300. The molecule has 1 aromatic heterocycles. The minimum absolute atomic E-state index is 0.0578. The third-order valence-corrected chi connectivity index (χ3v) is 15.2. The minimum Gasteiger partial charge on any atom is -0.491 e. The van der Waals surface area contributed by atoms with Gasteiger partial charge in [-0.25, -0.2) is 14.4 Å². The Bertz CT molecular complexity index is 3240. The van der Waals surface area contributed by atoms with E-state index in [1.54, 1.807) is 28.9 Å². The summed E-state index contributed by atoms with van der Waals surface area (Å²) in [5.41, 5.74) is 3.79. The van der Waals surface area contributed by atoms with Crippen LogP contribution in [0, 0.1) is 17.8 Å². The van der Waals surface area contributed by atoms with Gasteiger partial charge in [-0.15, -0.1) is 5.10 Å². The van der Waals surface area contributed by atoms with Crippen molar-refractivity contribution in [2.24, 2.45) is 5.92 Å². The number of amides is 4. The van der Waals surface area contributed by atoms with Crippen LogP contribution in [0.2, 0.25) is 0 Å². The predicted molar refractivity (Wildman–Crippen MR) is 278 cm³/mol. The molecule has 1 spiro atoms. The zero-order chi connectivity index (χ0) is 50.8. The van der Waals surface area contributed by atoms with Crippen LogP contribution in [0.4, 0.5) is 10.5 Å². The Labute approximate surface area is 429 Å². The monoisotopic (exact) mass is 987 g/mol. The first-order valence-corrected chi connectivity index (χ1v) is 25.6. The highest BCUT2D eigenvalue weighted by Crippen LogP contribution is 2.66. The number of imide groups is 1. The maximum atomic E-state index is 16.9. The number of urea groups is 1. The Kier molecular flexibility index (Phi) is 13.5. The van der Waals surface area contributed by atoms with Crippen molar-refractivity contribution in [3.05, 3.63) is 191 Å². The molecule has 2 N–H and O–H groups in total. The number of benzene rings is 6. The Morgan fingerprint density at radius 3 is 2.16 bits per heavy atom. The van der Waals surface area contributed by atoms with Gasteiger partial charge in [0.15, 0.2) is 0 Å². The van der Waals surface area contributed by atoms with Gasteiger partial charge in [-0.2, -0.15) is 0 Å². The molecule has 14 nitrogen and oxygen atoms in total. The molecule has 11 rings (SSSR count). The molecular weight excluding hydrogens is 931 g/mol. The predicted octanol–water partition coefficient (Wildman–Crippen LogP) is 8.78. The lowest BCUT2D eigenvalue weighted by Crippen LogP contribution is -2.57. The van der Waals surface area contributed by atoms with Crippen LogP contribution in [-0.4, -0.2) is 86.1 Å². The van der Waals surface area contributed by atoms with E-state index in [9.17, 15) is 5.11 Å². The molecule has 4 amide bonds. The molecule has 0 radical (unpaired) electrons. The van der Waals surface area contributed by atoms with Gasteiger partial charge in [-0.1, -0.05) is 152 Å². The molecule has 7 aromatic rings. The Hall–Kier alpha value is -8.12. The summed E-state index contributed by atoms with van der Waals surface area (Å²) < 4.78 is 14.3. The van der Waals surface area contributed by atoms with Crippen LogP contribution < -0.4 is 15.0 Å². The van der Waals surface area contributed by atoms with E-state index in [1.165, 1.54) is 4.90 Å². The molecule has 3 fully saturated rings. The first-order valence-electron chi connectivity index (χ1n) is 25.6. The van der Waals surface area contributed by atoms with E-state index in [4.69, 9.17) is 9.47 Å². The second-order valence-corrected chi connectivity index (χ2v) is 19.5. The number of rotatable bonds is 10. The van der Waals surface area contributed by atoms with Crippen LogP contribution in [0.1, 0.15) is 96.6 Å². The van der Waals surface area contributed by atoms with E-state index < -0.39 is 59.5 Å². The van der Waals surface area contributed by atoms with E-state index in [0.29, 0.717) is 35.5 Å². The number of hydrogen-bond donors (Lipinski definition) is 2. The number of anilines is 1. The number of fused-ring (bicyclic) bond motifs is 4. The third kappa shape index (κ3) is 8.65. The van der Waals surface area contributed by atoms with Gasteiger partial charge in [0, 0.05) is 18.7 Å². The van der Waals surface area contributed by atoms with Gasteiger partial charge in [0.05, 0.1) is 41.9 Å². The van der Waals surface area contributed by atoms with Crippen LogP contribution in [0.15, 0.2) is 158 Å². The van der Waals surface area contributed by atoms with Gasteiger partial charge in [-0.3, -0.25) is 19.3 Å². The molecular formula is C60H57N7O7. The normalized spacial score (nSPS) is 23.0. The highest BCUT2D eigenvalue weighted by atomic mass is 16.6. The molecule has 0 bridgehead atoms. The standard InChI is InChI=1S/C60H57N7O7/c1-40(42-20-8-5-9-21-42)61-59(72)66-49-33-28-41(19-18-36-65-50-27-15-14-26-48(50)62-63-65)39-47(49)60(58(66)71)51(56(69)64-34-16-3-2-4-17-35-64)53-57(70)74-54(44-24-12-7-13-25-44)52(43-22-10-6-11-23-43)67(53)55(60)45-29-31-46(32-30-45)73-38-37-68/h5-15,20-33,39-40,51-55,68H,2-4,16-17,34-38H2,1H3,(H,61,72)/t40-,51-,52-,53-,54+,55+,60-/m1/s1. The molecule has 0 aliphatic carbocycles. The van der Waals surface area contributed by atoms with E-state index >= 15 is 19.2 Å². The number of cyclic esters (lactones) is 1. The molecule has 4 aliphatic heterocycles. The van der Waals surface area contributed by atoms with Crippen molar-refractivity contribution in [2.75, 3.05) is 31.2 Å². The van der Waals surface area contributed by atoms with Gasteiger partial charge in [0.2, 0.25) is 11.8 Å². The molecule has 3 saturated heterocycles. The highest BCUT2D eigenvalue weighted by Gasteiger charge is 2.76. The summed E-state index contributed by atoms with van der Waals surface area (Å²) in [6.45, 7) is 2.80. The first-order chi connectivity index (χ1) is 36.3. The maximum absolute atomic E-state index is 16.9. The smallest absolute Gasteiger partial charge is 0.329 e. The second kappa shape index (κ2) is 20.8. The Balaban J connectivity index is 1.17. The Morgan fingerprint density at radius 2 is 1.45 bits per heavy atom. The summed E-state index contributed by atoms with van der Waals surface area (Å²) in [6.07, 6.45) is 3.54. The highest BCUT2D eigenvalue weighted by molar-refractivity contribution is 6.24. The van der Waals surface area contributed by atoms with Crippen molar-refractivity contribution >= 4 is 40.5 Å². The van der Waals surface area contributed by atoms with Crippen molar-refractivity contribution in [3.8, 4) is 17.6 Å². The van der Waals surface area contributed by atoms with Crippen LogP contribution in [0.25, 0.3) is 11.0 Å². The largest absolute Gasteiger partial charge is 0.491 e. The van der Waals surface area contributed by atoms with Gasteiger partial charge < -0.3 is 24.8 Å². The number of likely N-dealkylation sites (tertiary alicyclic amines) is 1. The number of nitrogens with one attached hydrogen (secondary N) is 1. The molecule has 0 unspecified atom stereocenters. The van der Waals surface area contributed by atoms with Crippen molar-refractivity contribution in [1.82, 2.24) is 30.1 Å². The van der Waals surface area contributed by atoms with Crippen molar-refractivity contribution in [2.45, 2.75) is 81.3 Å². The van der Waals surface area contributed by atoms with E-state index in [0.717, 1.165) is 59.8 Å². The van der Waals surface area contributed by atoms with Crippen molar-refractivity contribution in [1.29, 1.82) is 0 Å². The number of carbonyl (C=O) groups is 4. The summed E-state index contributed by atoms with van der Waals surface area (Å²) in [6, 6.07) is 44.8. The maximum Gasteiger partial charge on any atom is 0.329 e. The zero-order valence-corrected chi connectivity index (χ0v) is 41.1. The number of aliphatic hydroxyl groups is 1. The number of ether oxygens (including phenoxy) is 2. The van der Waals surface area contributed by atoms with Crippen LogP contribution in [0.3, 0.4) is 0 Å². The molecule has 5 heterocycles. The van der Waals surface area contributed by atoms with Gasteiger partial charge >= 0.3 is 12.0 Å². The molecule has 14 heteroatoms. The molecule has 0 saturated carbocycles. The number of morpholine rings is 1. The topological polar surface area (TPSA) is 159 Å². The Morgan fingerprint density at radius 1 is 0.784 bits per heavy atom. The SMILES string of the molecule is C[C@@H](NC(=O)N1C(=O)[C@@]2(c3cc(C#CCn4nnc5ccccc54)ccc31)[C@H](c1ccc(OCCO)cc1)N1[C@H](c3ccccc3)[C@H](c3ccccc3)OC(=O)[C@H]1[C@@H]2C(=O)N1CCCCCCC1)c1ccccc1. The lowest BCUT2D eigenvalue weighted by Gasteiger charge is -2.46. The average Bonchev–Trinajstić information content (AvgIpc) is 4.07. The number of carbonyl (C=O) groups excluding carboxylic acids is 4. The summed E-state index contributed by atoms with van der Waals surface area (Å²) in [5.74, 6) is 4.03. The number of hydrogen-bond acceptors (Lipinski definition) is 10. The summed E-state index contributed by atoms with van der Waals surface area (Å²) in [7, 11) is 0. The van der Waals surface area contributed by atoms with Crippen LogP contribution >= 0.6 is 0 Å². The average molecular weight is 988 g/mol. The molecule has 74 heavy (non-hydrogen) atoms. The lowest BCUT2D eigenvalue weighted by molar-refractivity contribution is -0.179. The van der Waals surface area contributed by atoms with Crippen LogP contribution in [0.5, 0.6) is 5.75 Å². The number of aromatic nitrogens is 3. The van der Waals surface area contributed by atoms with Crippen LogP contribution in [-0.2, 0) is 31.1 Å². The fourth-order valence-electron chi connectivity index (χ4n) is 11.9. The summed E-state index contributed by atoms with van der Waals surface area (Å²) in [5, 5.41) is 21.5.